The minimum atomic E-state index is -3.73. The molecule has 1 aliphatic rings. The predicted molar refractivity (Wildman–Crippen MR) is 114 cm³/mol. The average molecular weight is 437 g/mol. The monoisotopic (exact) mass is 436 g/mol. The highest BCUT2D eigenvalue weighted by Gasteiger charge is 2.47. The van der Waals surface area contributed by atoms with Crippen molar-refractivity contribution in [3.05, 3.63) is 70.7 Å². The number of hydrogen-bond donors (Lipinski definition) is 2. The van der Waals surface area contributed by atoms with Crippen LogP contribution in [0.1, 0.15) is 37.4 Å². The van der Waals surface area contributed by atoms with E-state index in [1.807, 2.05) is 36.4 Å². The highest BCUT2D eigenvalue weighted by molar-refractivity contribution is 7.90. The molecule has 0 aromatic heterocycles. The Hall–Kier alpha value is -2.09. The molecule has 0 bridgehead atoms. The van der Waals surface area contributed by atoms with E-state index >= 15 is 0 Å². The second kappa shape index (κ2) is 8.73. The summed E-state index contributed by atoms with van der Waals surface area (Å²) in [7, 11) is -3.73. The fraction of sp³-hybridized carbons (Fsp3) is 0.381. The third kappa shape index (κ3) is 5.10. The Morgan fingerprint density at radius 3 is 2.45 bits per heavy atom. The van der Waals surface area contributed by atoms with Gasteiger partial charge in [-0.1, -0.05) is 60.1 Å². The zero-order chi connectivity index (χ0) is 21.1. The predicted octanol–water partition coefficient (Wildman–Crippen LogP) is 3.46. The van der Waals surface area contributed by atoms with Gasteiger partial charge in [0.15, 0.2) is 0 Å². The Labute approximate surface area is 176 Å². The smallest absolute Gasteiger partial charge is 0.299 e. The van der Waals surface area contributed by atoms with Crippen molar-refractivity contribution in [2.24, 2.45) is 4.99 Å². The van der Waals surface area contributed by atoms with Crippen LogP contribution in [-0.2, 0) is 21.2 Å². The normalized spacial score (nSPS) is 22.5. The Kier molecular flexibility index (Phi) is 6.51. The van der Waals surface area contributed by atoms with Crippen molar-refractivity contribution >= 4 is 27.6 Å². The molecule has 1 aliphatic heterocycles. The second-order valence-electron chi connectivity index (χ2n) is 7.51. The highest BCUT2D eigenvalue weighted by atomic mass is 35.5. The SMILES string of the molecule is CC1(C)OC(=N[C@@H](CCO)c2ccccc2Cl)NS(=O)(=O)C1Cc1ccccc1. The highest BCUT2D eigenvalue weighted by Crippen LogP contribution is 2.32. The summed E-state index contributed by atoms with van der Waals surface area (Å²) in [6, 6.07) is 16.0. The fourth-order valence-corrected chi connectivity index (χ4v) is 5.39. The van der Waals surface area contributed by atoms with Gasteiger partial charge in [0.05, 0.1) is 6.04 Å². The van der Waals surface area contributed by atoms with E-state index in [1.54, 1.807) is 32.0 Å². The summed E-state index contributed by atoms with van der Waals surface area (Å²) in [4.78, 5) is 4.45. The first-order chi connectivity index (χ1) is 13.7. The van der Waals surface area contributed by atoms with Crippen molar-refractivity contribution in [2.45, 2.75) is 43.6 Å². The summed E-state index contributed by atoms with van der Waals surface area (Å²) in [6.07, 6.45) is 0.604. The summed E-state index contributed by atoms with van der Waals surface area (Å²) >= 11 is 6.27. The topological polar surface area (TPSA) is 88.0 Å². The van der Waals surface area contributed by atoms with Crippen molar-refractivity contribution in [1.82, 2.24) is 4.72 Å². The van der Waals surface area contributed by atoms with Crippen LogP contribution < -0.4 is 4.72 Å². The lowest BCUT2D eigenvalue weighted by atomic mass is 9.97. The summed E-state index contributed by atoms with van der Waals surface area (Å²) in [6.45, 7) is 3.36. The number of hydrogen-bond acceptors (Lipinski definition) is 5. The van der Waals surface area contributed by atoms with Crippen molar-refractivity contribution in [1.29, 1.82) is 0 Å². The summed E-state index contributed by atoms with van der Waals surface area (Å²) in [5.41, 5.74) is 0.611. The van der Waals surface area contributed by atoms with Crippen molar-refractivity contribution in [3.8, 4) is 0 Å². The third-order valence-corrected chi connectivity index (χ3v) is 7.23. The van der Waals surface area contributed by atoms with Crippen LogP contribution in [0.25, 0.3) is 0 Å². The molecule has 0 aliphatic carbocycles. The van der Waals surface area contributed by atoms with Crippen LogP contribution in [0.15, 0.2) is 59.6 Å². The Balaban J connectivity index is 1.90. The van der Waals surface area contributed by atoms with Crippen LogP contribution in [-0.4, -0.2) is 37.0 Å². The molecule has 29 heavy (non-hydrogen) atoms. The van der Waals surface area contributed by atoms with Crippen molar-refractivity contribution in [3.63, 3.8) is 0 Å². The van der Waals surface area contributed by atoms with Crippen molar-refractivity contribution in [2.75, 3.05) is 6.61 Å². The molecule has 0 saturated carbocycles. The van der Waals surface area contributed by atoms with E-state index in [2.05, 4.69) is 9.71 Å². The molecule has 2 N–H and O–H groups in total. The number of aliphatic hydroxyl groups is 1. The average Bonchev–Trinajstić information content (AvgIpc) is 2.65. The minimum absolute atomic E-state index is 0.0855. The molecular formula is C21H25ClN2O4S. The molecule has 0 spiro atoms. The molecule has 8 heteroatoms. The molecule has 1 saturated heterocycles. The quantitative estimate of drug-likeness (QED) is 0.725. The van der Waals surface area contributed by atoms with E-state index < -0.39 is 26.9 Å². The van der Waals surface area contributed by atoms with E-state index in [0.717, 1.165) is 5.56 Å². The fourth-order valence-electron chi connectivity index (χ4n) is 3.44. The van der Waals surface area contributed by atoms with Gasteiger partial charge in [-0.05, 0) is 43.9 Å². The van der Waals surface area contributed by atoms with Gasteiger partial charge in [-0.25, -0.2) is 18.1 Å². The standard InChI is InChI=1S/C21H25ClN2O4S/c1-21(2)19(14-15-8-4-3-5-9-15)29(26,27)24-20(28-21)23-18(12-13-25)16-10-6-7-11-17(16)22/h3-11,18-19,25H,12-14H2,1-2H3,(H,23,24)/t18-,19?/m0/s1. The van der Waals surface area contributed by atoms with Crippen LogP contribution in [0.5, 0.6) is 0 Å². The molecule has 1 fully saturated rings. The zero-order valence-electron chi connectivity index (χ0n) is 16.4. The molecule has 2 aromatic rings. The summed E-state index contributed by atoms with van der Waals surface area (Å²) in [5, 5.41) is 9.15. The van der Waals surface area contributed by atoms with Gasteiger partial charge in [0.2, 0.25) is 10.0 Å². The zero-order valence-corrected chi connectivity index (χ0v) is 17.9. The number of sulfonamides is 1. The van der Waals surface area contributed by atoms with E-state index in [-0.39, 0.29) is 19.0 Å². The Bertz CT molecular complexity index is 977. The van der Waals surface area contributed by atoms with Crippen LogP contribution in [0.2, 0.25) is 5.02 Å². The maximum absolute atomic E-state index is 13.0. The first-order valence-corrected chi connectivity index (χ1v) is 11.3. The number of amidine groups is 1. The Morgan fingerprint density at radius 1 is 1.17 bits per heavy atom. The van der Waals surface area contributed by atoms with Crippen LogP contribution in [0, 0.1) is 0 Å². The Morgan fingerprint density at radius 2 is 1.83 bits per heavy atom. The molecule has 0 amide bonds. The minimum Gasteiger partial charge on any atom is -0.457 e. The van der Waals surface area contributed by atoms with Gasteiger partial charge in [0, 0.05) is 11.6 Å². The second-order valence-corrected chi connectivity index (χ2v) is 9.79. The molecule has 3 rings (SSSR count). The number of ether oxygens (including phenoxy) is 1. The largest absolute Gasteiger partial charge is 0.457 e. The number of aliphatic imine (C=N–C) groups is 1. The lowest BCUT2D eigenvalue weighted by Crippen LogP contribution is -2.59. The molecule has 2 aromatic carbocycles. The van der Waals surface area contributed by atoms with Crippen LogP contribution in [0.4, 0.5) is 0 Å². The number of rotatable bonds is 6. The van der Waals surface area contributed by atoms with Crippen LogP contribution >= 0.6 is 11.6 Å². The van der Waals surface area contributed by atoms with E-state index in [9.17, 15) is 13.5 Å². The number of aliphatic hydroxyl groups excluding tert-OH is 1. The first kappa shape index (κ1) is 21.6. The van der Waals surface area contributed by atoms with E-state index in [0.29, 0.717) is 17.0 Å². The van der Waals surface area contributed by atoms with Gasteiger partial charge >= 0.3 is 0 Å². The molecule has 1 unspecified atom stereocenters. The van der Waals surface area contributed by atoms with E-state index in [4.69, 9.17) is 16.3 Å². The molecule has 1 heterocycles. The molecule has 2 atom stereocenters. The molecule has 0 radical (unpaired) electrons. The van der Waals surface area contributed by atoms with Gasteiger partial charge in [0.1, 0.15) is 10.9 Å². The molecular weight excluding hydrogens is 412 g/mol. The summed E-state index contributed by atoms with van der Waals surface area (Å²) < 4.78 is 34.5. The molecule has 6 nitrogen and oxygen atoms in total. The number of nitrogens with one attached hydrogen (secondary N) is 1. The maximum Gasteiger partial charge on any atom is 0.299 e. The molecule has 156 valence electrons. The van der Waals surface area contributed by atoms with E-state index in [1.165, 1.54) is 0 Å². The summed E-state index contributed by atoms with van der Waals surface area (Å²) in [5.74, 6) is 0. The van der Waals surface area contributed by atoms with Gasteiger partial charge in [-0.3, -0.25) is 0 Å². The van der Waals surface area contributed by atoms with Crippen molar-refractivity contribution < 1.29 is 18.3 Å². The lowest BCUT2D eigenvalue weighted by molar-refractivity contribution is 0.0759. The van der Waals surface area contributed by atoms with Gasteiger partial charge in [-0.2, -0.15) is 0 Å². The lowest BCUT2D eigenvalue weighted by Gasteiger charge is -2.39. The van der Waals surface area contributed by atoms with Gasteiger partial charge in [0.25, 0.3) is 6.02 Å². The number of nitrogens with zero attached hydrogens (tertiary/aromatic N) is 1. The first-order valence-electron chi connectivity index (χ1n) is 9.40. The van der Waals surface area contributed by atoms with Gasteiger partial charge in [-0.15, -0.1) is 0 Å². The maximum atomic E-state index is 13.0. The van der Waals surface area contributed by atoms with Gasteiger partial charge < -0.3 is 9.84 Å². The van der Waals surface area contributed by atoms with Crippen LogP contribution in [0.3, 0.4) is 0 Å². The third-order valence-electron chi connectivity index (χ3n) is 4.94. The number of halogens is 1. The number of benzene rings is 2.